The lowest BCUT2D eigenvalue weighted by molar-refractivity contribution is -0.131. The number of nitrogens with zero attached hydrogens (tertiary/aromatic N) is 4. The Hall–Kier alpha value is -4.84. The Morgan fingerprint density at radius 2 is 1.76 bits per heavy atom. The van der Waals surface area contributed by atoms with Gasteiger partial charge in [0, 0.05) is 36.7 Å². The minimum absolute atomic E-state index is 0.0217. The number of benzene rings is 3. The molecule has 0 radical (unpaired) electrons. The zero-order valence-corrected chi connectivity index (χ0v) is 29.6. The van der Waals surface area contributed by atoms with Crippen molar-refractivity contribution in [2.24, 2.45) is 4.99 Å². The second-order valence-corrected chi connectivity index (χ2v) is 14.9. The minimum Gasteiger partial charge on any atom is -0.359 e. The summed E-state index contributed by atoms with van der Waals surface area (Å²) in [6, 6.07) is 17.6. The summed E-state index contributed by atoms with van der Waals surface area (Å²) in [5, 5.41) is 3.88. The van der Waals surface area contributed by atoms with Crippen LogP contribution < -0.4 is 4.72 Å². The van der Waals surface area contributed by atoms with Crippen LogP contribution in [0.4, 0.5) is 10.2 Å². The minimum atomic E-state index is -4.13. The van der Waals surface area contributed by atoms with Crippen LogP contribution in [0.1, 0.15) is 84.7 Å². The van der Waals surface area contributed by atoms with Gasteiger partial charge in [-0.2, -0.15) is 0 Å². The Morgan fingerprint density at radius 3 is 2.44 bits per heavy atom. The lowest BCUT2D eigenvalue weighted by Crippen LogP contribution is -2.40. The maximum absolute atomic E-state index is 13.9. The van der Waals surface area contributed by atoms with Gasteiger partial charge in [0.1, 0.15) is 23.0 Å². The smallest absolute Gasteiger partial charge is 0.263 e. The number of carbonyl (C=O) groups excluding carboxylic acids is 2. The lowest BCUT2D eigenvalue weighted by atomic mass is 9.95. The Labute approximate surface area is 292 Å². The lowest BCUT2D eigenvalue weighted by Gasteiger charge is -2.24. The molecule has 4 aromatic rings. The molecule has 0 unspecified atom stereocenters. The van der Waals surface area contributed by atoms with Gasteiger partial charge in [-0.1, -0.05) is 67.7 Å². The molecular formula is C38H42FN5O5S. The van der Waals surface area contributed by atoms with Gasteiger partial charge in [-0.15, -0.1) is 0 Å². The highest BCUT2D eigenvalue weighted by Gasteiger charge is 2.49. The number of hydrogen-bond donors (Lipinski definition) is 1. The Morgan fingerprint density at radius 1 is 1.04 bits per heavy atom. The van der Waals surface area contributed by atoms with Crippen LogP contribution in [-0.2, 0) is 27.9 Å². The van der Waals surface area contributed by atoms with Crippen molar-refractivity contribution in [3.05, 3.63) is 101 Å². The molecular weight excluding hydrogens is 658 g/mol. The van der Waals surface area contributed by atoms with E-state index in [4.69, 9.17) is 9.52 Å². The van der Waals surface area contributed by atoms with Gasteiger partial charge in [-0.3, -0.25) is 24.2 Å². The molecule has 1 spiro atoms. The van der Waals surface area contributed by atoms with E-state index >= 15 is 0 Å². The first kappa shape index (κ1) is 35.0. The van der Waals surface area contributed by atoms with Gasteiger partial charge in [0.15, 0.2) is 5.82 Å². The van der Waals surface area contributed by atoms with Gasteiger partial charge < -0.3 is 9.42 Å². The van der Waals surface area contributed by atoms with E-state index < -0.39 is 21.4 Å². The summed E-state index contributed by atoms with van der Waals surface area (Å²) in [5.41, 5.74) is 2.75. The summed E-state index contributed by atoms with van der Waals surface area (Å²) in [7, 11) is -2.49. The fourth-order valence-corrected chi connectivity index (χ4v) is 8.06. The van der Waals surface area contributed by atoms with Crippen molar-refractivity contribution in [1.29, 1.82) is 0 Å². The fourth-order valence-electron chi connectivity index (χ4n) is 6.78. The first-order valence-electron chi connectivity index (χ1n) is 17.0. The molecule has 50 heavy (non-hydrogen) atoms. The number of anilines is 1. The van der Waals surface area contributed by atoms with Crippen molar-refractivity contribution in [2.75, 3.05) is 11.8 Å². The predicted molar refractivity (Wildman–Crippen MR) is 190 cm³/mol. The molecule has 0 bridgehead atoms. The van der Waals surface area contributed by atoms with Crippen molar-refractivity contribution in [1.82, 2.24) is 15.0 Å². The van der Waals surface area contributed by atoms with Crippen LogP contribution in [-0.4, -0.2) is 53.6 Å². The summed E-state index contributed by atoms with van der Waals surface area (Å²) in [6.07, 6.45) is 6.08. The van der Waals surface area contributed by atoms with Crippen LogP contribution >= 0.6 is 0 Å². The van der Waals surface area contributed by atoms with Crippen LogP contribution in [0.25, 0.3) is 11.1 Å². The summed E-state index contributed by atoms with van der Waals surface area (Å²) >= 11 is 0. The third-order valence-corrected chi connectivity index (χ3v) is 11.1. The van der Waals surface area contributed by atoms with Crippen molar-refractivity contribution in [3.63, 3.8) is 0 Å². The molecule has 1 aromatic heterocycles. The number of aromatic nitrogens is 1. The predicted octanol–water partition coefficient (Wildman–Crippen LogP) is 7.41. The highest BCUT2D eigenvalue weighted by atomic mass is 32.2. The third kappa shape index (κ3) is 6.94. The van der Waals surface area contributed by atoms with Gasteiger partial charge in [0.05, 0.1) is 11.4 Å². The molecule has 262 valence electrons. The number of halogens is 1. The van der Waals surface area contributed by atoms with E-state index in [9.17, 15) is 22.4 Å². The molecule has 12 heteroatoms. The van der Waals surface area contributed by atoms with Crippen molar-refractivity contribution >= 4 is 33.5 Å². The average Bonchev–Trinajstić information content (AvgIpc) is 3.78. The van der Waals surface area contributed by atoms with Crippen LogP contribution in [0.15, 0.2) is 81.1 Å². The topological polar surface area (TPSA) is 125 Å². The first-order chi connectivity index (χ1) is 23.9. The van der Waals surface area contributed by atoms with E-state index in [1.807, 2.05) is 23.1 Å². The molecule has 1 N–H and O–H groups in total. The van der Waals surface area contributed by atoms with Crippen molar-refractivity contribution in [2.45, 2.75) is 89.2 Å². The number of aryl methyl sites for hydroxylation is 1. The molecule has 2 heterocycles. The van der Waals surface area contributed by atoms with E-state index in [0.29, 0.717) is 46.5 Å². The van der Waals surface area contributed by atoms with Crippen LogP contribution in [0, 0.1) is 19.7 Å². The normalized spacial score (nSPS) is 15.5. The molecule has 2 amide bonds. The fraction of sp³-hybridized carbons (Fsp3) is 0.368. The Bertz CT molecular complexity index is 2050. The Balaban J connectivity index is 1.39. The van der Waals surface area contributed by atoms with E-state index in [1.54, 1.807) is 39.1 Å². The van der Waals surface area contributed by atoms with Crippen LogP contribution in [0.2, 0.25) is 0 Å². The SMILES string of the molecule is CCCCC1=NC2(CCCC2)C(=O)N1Cc1ccc(-c2ccccc2S(=O)(=O)Nc2noc(C)c2C)c(CN(C)C(=O)c2ccc(F)cc2)c1. The molecule has 1 aliphatic heterocycles. The number of nitrogens with one attached hydrogen (secondary N) is 1. The number of sulfonamides is 1. The maximum Gasteiger partial charge on any atom is 0.263 e. The van der Waals surface area contributed by atoms with Crippen LogP contribution in [0.3, 0.4) is 0 Å². The number of unbranched alkanes of at least 4 members (excludes halogenated alkanes) is 1. The van der Waals surface area contributed by atoms with Gasteiger partial charge >= 0.3 is 0 Å². The summed E-state index contributed by atoms with van der Waals surface area (Å²) in [6.45, 7) is 5.95. The van der Waals surface area contributed by atoms with Gasteiger partial charge in [0.2, 0.25) is 0 Å². The van der Waals surface area contributed by atoms with E-state index in [2.05, 4.69) is 16.8 Å². The second kappa shape index (κ2) is 14.2. The number of rotatable bonds is 12. The standard InChI is InChI=1S/C38H42FN5O5S/c1-5-6-13-34-40-38(20-9-10-21-38)37(46)44(34)23-27-14-19-31(29(22-27)24-43(4)36(45)28-15-17-30(39)18-16-28)32-11-7-8-12-33(32)50(47,48)42-35-25(2)26(3)49-41-35/h7-8,11-12,14-19,22H,5-6,9-10,13,20-21,23-24H2,1-4H3,(H,41,42). The third-order valence-electron chi connectivity index (χ3n) is 9.69. The largest absolute Gasteiger partial charge is 0.359 e. The van der Waals surface area contributed by atoms with Gasteiger partial charge in [-0.05, 0) is 80.1 Å². The monoisotopic (exact) mass is 699 g/mol. The van der Waals surface area contributed by atoms with Crippen LogP contribution in [0.5, 0.6) is 0 Å². The first-order valence-corrected chi connectivity index (χ1v) is 18.5. The molecule has 10 nitrogen and oxygen atoms in total. The highest BCUT2D eigenvalue weighted by Crippen LogP contribution is 2.40. The molecule has 3 aromatic carbocycles. The highest BCUT2D eigenvalue weighted by molar-refractivity contribution is 7.92. The molecule has 6 rings (SSSR count). The summed E-state index contributed by atoms with van der Waals surface area (Å²) < 4.78 is 49.1. The number of amides is 2. The quantitative estimate of drug-likeness (QED) is 0.164. The number of carbonyl (C=O) groups is 2. The zero-order chi connectivity index (χ0) is 35.6. The van der Waals surface area contributed by atoms with Crippen molar-refractivity contribution < 1.29 is 26.9 Å². The number of hydrogen-bond acceptors (Lipinski definition) is 7. The van der Waals surface area contributed by atoms with E-state index in [0.717, 1.165) is 49.9 Å². The number of aliphatic imine (C=N–C) groups is 1. The molecule has 0 saturated heterocycles. The van der Waals surface area contributed by atoms with Crippen molar-refractivity contribution in [3.8, 4) is 11.1 Å². The number of amidine groups is 1. The molecule has 1 saturated carbocycles. The molecule has 1 fully saturated rings. The van der Waals surface area contributed by atoms with Gasteiger partial charge in [-0.25, -0.2) is 12.8 Å². The summed E-state index contributed by atoms with van der Waals surface area (Å²) in [5.74, 6) is 0.686. The maximum atomic E-state index is 13.9. The van der Waals surface area contributed by atoms with Gasteiger partial charge in [0.25, 0.3) is 21.8 Å². The summed E-state index contributed by atoms with van der Waals surface area (Å²) in [4.78, 5) is 35.8. The van der Waals surface area contributed by atoms with E-state index in [1.165, 1.54) is 35.2 Å². The zero-order valence-electron chi connectivity index (χ0n) is 28.8. The molecule has 2 aliphatic rings. The molecule has 1 aliphatic carbocycles. The van der Waals surface area contributed by atoms with E-state index in [-0.39, 0.29) is 29.1 Å². The average molecular weight is 700 g/mol. The Kier molecular flexibility index (Phi) is 9.93. The molecule has 0 atom stereocenters. The second-order valence-electron chi connectivity index (χ2n) is 13.2.